The number of amides is 1. The summed E-state index contributed by atoms with van der Waals surface area (Å²) in [7, 11) is 1.35. The van der Waals surface area contributed by atoms with Crippen molar-refractivity contribution < 1.29 is 14.3 Å². The van der Waals surface area contributed by atoms with Crippen molar-refractivity contribution in [2.75, 3.05) is 12.0 Å². The predicted octanol–water partition coefficient (Wildman–Crippen LogP) is 3.25. The average molecular weight is 318 g/mol. The number of ether oxygens (including phenoxy) is 1. The van der Waals surface area contributed by atoms with Crippen LogP contribution < -0.4 is 4.90 Å². The molecule has 0 radical (unpaired) electrons. The average Bonchev–Trinajstić information content (AvgIpc) is 2.57. The fourth-order valence-corrected chi connectivity index (χ4v) is 3.10. The number of hydrogen-bond donors (Lipinski definition) is 0. The molecule has 0 spiro atoms. The molecule has 1 aromatic rings. The summed E-state index contributed by atoms with van der Waals surface area (Å²) >= 11 is 0. The third-order valence-corrected chi connectivity index (χ3v) is 4.44. The first-order valence-corrected chi connectivity index (χ1v) is 8.35. The molecule has 1 unspecified atom stereocenters. The summed E-state index contributed by atoms with van der Waals surface area (Å²) < 4.78 is 4.73. The van der Waals surface area contributed by atoms with Crippen molar-refractivity contribution in [2.24, 2.45) is 5.92 Å². The van der Waals surface area contributed by atoms with Gasteiger partial charge in [-0.05, 0) is 31.4 Å². The van der Waals surface area contributed by atoms with Crippen LogP contribution in [0, 0.1) is 12.8 Å². The summed E-state index contributed by atoms with van der Waals surface area (Å²) in [6, 6.07) is 4.04. The Labute approximate surface area is 138 Å². The van der Waals surface area contributed by atoms with E-state index in [-0.39, 0.29) is 24.3 Å². The third kappa shape index (κ3) is 4.53. The maximum atomic E-state index is 12.8. The van der Waals surface area contributed by atoms with Gasteiger partial charge in [0.1, 0.15) is 5.82 Å². The van der Waals surface area contributed by atoms with E-state index in [1.165, 1.54) is 13.5 Å². The summed E-state index contributed by atoms with van der Waals surface area (Å²) in [5, 5.41) is 0. The minimum atomic E-state index is -0.441. The van der Waals surface area contributed by atoms with E-state index in [4.69, 9.17) is 4.74 Å². The first-order valence-electron chi connectivity index (χ1n) is 8.35. The number of aromatic nitrogens is 1. The predicted molar refractivity (Wildman–Crippen MR) is 89.1 cm³/mol. The van der Waals surface area contributed by atoms with Crippen LogP contribution in [-0.2, 0) is 14.3 Å². The topological polar surface area (TPSA) is 59.5 Å². The Morgan fingerprint density at radius 1 is 1.30 bits per heavy atom. The molecule has 5 nitrogen and oxygen atoms in total. The van der Waals surface area contributed by atoms with E-state index in [9.17, 15) is 9.59 Å². The molecule has 5 heteroatoms. The van der Waals surface area contributed by atoms with Crippen LogP contribution in [0.5, 0.6) is 0 Å². The van der Waals surface area contributed by atoms with Gasteiger partial charge in [-0.25, -0.2) is 4.98 Å². The Balaban J connectivity index is 2.20. The molecule has 0 saturated heterocycles. The second-order valence-corrected chi connectivity index (χ2v) is 6.38. The van der Waals surface area contributed by atoms with Crippen molar-refractivity contribution in [1.29, 1.82) is 0 Å². The van der Waals surface area contributed by atoms with E-state index in [0.29, 0.717) is 5.82 Å². The fourth-order valence-electron chi connectivity index (χ4n) is 3.10. The zero-order valence-corrected chi connectivity index (χ0v) is 14.2. The summed E-state index contributed by atoms with van der Waals surface area (Å²) in [6.07, 6.45) is 7.40. The van der Waals surface area contributed by atoms with Gasteiger partial charge in [-0.1, -0.05) is 32.3 Å². The van der Waals surface area contributed by atoms with Gasteiger partial charge in [-0.3, -0.25) is 14.5 Å². The lowest BCUT2D eigenvalue weighted by atomic mass is 9.93. The highest BCUT2D eigenvalue weighted by Gasteiger charge is 2.30. The van der Waals surface area contributed by atoms with Crippen molar-refractivity contribution in [3.8, 4) is 0 Å². The Hall–Kier alpha value is -1.91. The molecule has 2 rings (SSSR count). The molecule has 1 aromatic heterocycles. The van der Waals surface area contributed by atoms with E-state index in [2.05, 4.69) is 4.98 Å². The highest BCUT2D eigenvalue weighted by atomic mass is 16.5. The van der Waals surface area contributed by atoms with Crippen LogP contribution in [-0.4, -0.2) is 30.0 Å². The summed E-state index contributed by atoms with van der Waals surface area (Å²) in [5.74, 6) is -0.154. The van der Waals surface area contributed by atoms with Gasteiger partial charge in [-0.15, -0.1) is 0 Å². The zero-order chi connectivity index (χ0) is 16.8. The number of aryl methyl sites for hydroxylation is 1. The molecule has 1 heterocycles. The van der Waals surface area contributed by atoms with E-state index in [1.54, 1.807) is 18.0 Å². The number of esters is 1. The zero-order valence-electron chi connectivity index (χ0n) is 14.2. The van der Waals surface area contributed by atoms with Gasteiger partial charge < -0.3 is 4.74 Å². The highest BCUT2D eigenvalue weighted by molar-refractivity contribution is 5.95. The molecule has 0 bridgehead atoms. The van der Waals surface area contributed by atoms with Gasteiger partial charge in [0.15, 0.2) is 0 Å². The molecule has 1 saturated carbocycles. The quantitative estimate of drug-likeness (QED) is 0.782. The fraction of sp³-hybridized carbons (Fsp3) is 0.611. The van der Waals surface area contributed by atoms with Crippen LogP contribution in [0.2, 0.25) is 0 Å². The van der Waals surface area contributed by atoms with E-state index >= 15 is 0 Å². The van der Waals surface area contributed by atoms with Crippen molar-refractivity contribution in [3.05, 3.63) is 23.9 Å². The number of hydrogen-bond acceptors (Lipinski definition) is 4. The van der Waals surface area contributed by atoms with Gasteiger partial charge in [0.05, 0.1) is 13.0 Å². The highest BCUT2D eigenvalue weighted by Crippen LogP contribution is 2.27. The lowest BCUT2D eigenvalue weighted by Crippen LogP contribution is -2.43. The van der Waals surface area contributed by atoms with Crippen LogP contribution in [0.1, 0.15) is 51.0 Å². The van der Waals surface area contributed by atoms with Gasteiger partial charge in [0.2, 0.25) is 5.91 Å². The molecule has 0 N–H and O–H groups in total. The first-order chi connectivity index (χ1) is 11.0. The van der Waals surface area contributed by atoms with Crippen LogP contribution in [0.4, 0.5) is 5.82 Å². The summed E-state index contributed by atoms with van der Waals surface area (Å²) in [6.45, 7) is 3.70. The summed E-state index contributed by atoms with van der Waals surface area (Å²) in [4.78, 5) is 30.7. The molecule has 126 valence electrons. The smallest absolute Gasteiger partial charge is 0.308 e. The Morgan fingerprint density at radius 2 is 2.00 bits per heavy atom. The number of methoxy groups -OCH3 is 1. The number of nitrogens with zero attached hydrogens (tertiary/aromatic N) is 2. The van der Waals surface area contributed by atoms with Crippen LogP contribution in [0.3, 0.4) is 0 Å². The van der Waals surface area contributed by atoms with Crippen LogP contribution in [0.25, 0.3) is 0 Å². The van der Waals surface area contributed by atoms with E-state index in [0.717, 1.165) is 31.2 Å². The molecule has 1 fully saturated rings. The van der Waals surface area contributed by atoms with Gasteiger partial charge in [-0.2, -0.15) is 0 Å². The van der Waals surface area contributed by atoms with Gasteiger partial charge in [0.25, 0.3) is 0 Å². The van der Waals surface area contributed by atoms with Gasteiger partial charge >= 0.3 is 5.97 Å². The molecule has 0 aromatic carbocycles. The minimum absolute atomic E-state index is 0.0499. The lowest BCUT2D eigenvalue weighted by Gasteiger charge is -2.34. The molecule has 1 atom stereocenters. The standard InChI is InChI=1S/C18H26N2O3/c1-13-9-10-16(19-12-13)20(15-7-5-4-6-8-15)17(21)11-14(2)18(22)23-3/h9-10,12,14-15H,4-8,11H2,1-3H3. The number of anilines is 1. The number of rotatable bonds is 5. The maximum Gasteiger partial charge on any atom is 0.308 e. The van der Waals surface area contributed by atoms with Crippen molar-refractivity contribution in [2.45, 2.75) is 58.4 Å². The van der Waals surface area contributed by atoms with Crippen LogP contribution in [0.15, 0.2) is 18.3 Å². The molecule has 1 aliphatic carbocycles. The van der Waals surface area contributed by atoms with Crippen molar-refractivity contribution in [3.63, 3.8) is 0 Å². The monoisotopic (exact) mass is 318 g/mol. The van der Waals surface area contributed by atoms with Crippen LogP contribution >= 0.6 is 0 Å². The van der Waals surface area contributed by atoms with E-state index < -0.39 is 5.92 Å². The van der Waals surface area contributed by atoms with Gasteiger partial charge in [0, 0.05) is 18.7 Å². The van der Waals surface area contributed by atoms with Crippen molar-refractivity contribution >= 4 is 17.7 Å². The normalized spacial score (nSPS) is 16.7. The number of carbonyl (C=O) groups excluding carboxylic acids is 2. The molecular weight excluding hydrogens is 292 g/mol. The summed E-state index contributed by atoms with van der Waals surface area (Å²) in [5.41, 5.74) is 1.06. The number of pyridine rings is 1. The second kappa shape index (κ2) is 8.09. The third-order valence-electron chi connectivity index (χ3n) is 4.44. The molecule has 0 aliphatic heterocycles. The molecular formula is C18H26N2O3. The molecule has 23 heavy (non-hydrogen) atoms. The van der Waals surface area contributed by atoms with Crippen molar-refractivity contribution in [1.82, 2.24) is 4.98 Å². The maximum absolute atomic E-state index is 12.8. The lowest BCUT2D eigenvalue weighted by molar-refractivity contribution is -0.146. The Kier molecular flexibility index (Phi) is 6.13. The Morgan fingerprint density at radius 3 is 2.57 bits per heavy atom. The largest absolute Gasteiger partial charge is 0.469 e. The minimum Gasteiger partial charge on any atom is -0.469 e. The SMILES string of the molecule is COC(=O)C(C)CC(=O)N(c1ccc(C)cn1)C1CCCCC1. The second-order valence-electron chi connectivity index (χ2n) is 6.38. The first kappa shape index (κ1) is 17.4. The number of carbonyl (C=O) groups is 2. The molecule has 1 amide bonds. The van der Waals surface area contributed by atoms with E-state index in [1.807, 2.05) is 19.1 Å². The Bertz CT molecular complexity index is 536. The molecule has 1 aliphatic rings.